The Morgan fingerprint density at radius 1 is 1.39 bits per heavy atom. The largest absolute Gasteiger partial charge is 0.392 e. The van der Waals surface area contributed by atoms with E-state index < -0.39 is 0 Å². The summed E-state index contributed by atoms with van der Waals surface area (Å²) in [5.74, 6) is 0.308. The molecule has 4 heteroatoms. The molecule has 0 spiro atoms. The van der Waals surface area contributed by atoms with E-state index in [1.807, 2.05) is 7.05 Å². The Balaban J connectivity index is 2.05. The van der Waals surface area contributed by atoms with E-state index >= 15 is 0 Å². The van der Waals surface area contributed by atoms with Crippen molar-refractivity contribution < 1.29 is 14.2 Å². The molecule has 0 aromatic heterocycles. The number of benzene rings is 1. The molecule has 0 saturated carbocycles. The van der Waals surface area contributed by atoms with Gasteiger partial charge < -0.3 is 14.7 Å². The molecule has 18 heavy (non-hydrogen) atoms. The van der Waals surface area contributed by atoms with Crippen molar-refractivity contribution in [3.05, 3.63) is 29.6 Å². The maximum atomic E-state index is 13.1. The van der Waals surface area contributed by atoms with Gasteiger partial charge in [0.05, 0.1) is 6.61 Å². The fourth-order valence-corrected chi connectivity index (χ4v) is 2.47. The van der Waals surface area contributed by atoms with Crippen LogP contribution in [0.4, 0.5) is 10.1 Å². The summed E-state index contributed by atoms with van der Waals surface area (Å²) in [5.41, 5.74) is 1.55. The van der Waals surface area contributed by atoms with Gasteiger partial charge in [0.2, 0.25) is 0 Å². The van der Waals surface area contributed by atoms with Gasteiger partial charge in [0.15, 0.2) is 0 Å². The molecule has 2 rings (SSSR count). The van der Waals surface area contributed by atoms with Crippen molar-refractivity contribution in [1.29, 1.82) is 0 Å². The highest BCUT2D eigenvalue weighted by Gasteiger charge is 2.17. The van der Waals surface area contributed by atoms with Crippen LogP contribution in [0.2, 0.25) is 0 Å². The third-order valence-electron chi connectivity index (χ3n) is 3.50. The summed E-state index contributed by atoms with van der Waals surface area (Å²) in [7, 11) is 1.99. The standard InChI is InChI=1S/C14H20FNO2/c1-16(9-11-4-6-18-7-5-11)14-3-2-13(15)8-12(14)10-17/h2-3,8,11,17H,4-7,9-10H2,1H3. The van der Waals surface area contributed by atoms with Gasteiger partial charge in [0, 0.05) is 38.1 Å². The average Bonchev–Trinajstić information content (AvgIpc) is 2.39. The number of anilines is 1. The van der Waals surface area contributed by atoms with Crippen molar-refractivity contribution in [1.82, 2.24) is 0 Å². The van der Waals surface area contributed by atoms with Crippen LogP contribution in [0.1, 0.15) is 18.4 Å². The van der Waals surface area contributed by atoms with Gasteiger partial charge in [-0.25, -0.2) is 4.39 Å². The van der Waals surface area contributed by atoms with Crippen molar-refractivity contribution in [3.8, 4) is 0 Å². The van der Waals surface area contributed by atoms with E-state index in [1.54, 1.807) is 6.07 Å². The summed E-state index contributed by atoms with van der Waals surface area (Å²) in [5, 5.41) is 9.28. The number of rotatable bonds is 4. The van der Waals surface area contributed by atoms with Crippen molar-refractivity contribution in [2.45, 2.75) is 19.4 Å². The molecule has 1 heterocycles. The van der Waals surface area contributed by atoms with Gasteiger partial charge in [-0.05, 0) is 37.0 Å². The Labute approximate surface area is 107 Å². The molecule has 0 bridgehead atoms. The van der Waals surface area contributed by atoms with Crippen LogP contribution in [0.15, 0.2) is 18.2 Å². The highest BCUT2D eigenvalue weighted by atomic mass is 19.1. The lowest BCUT2D eigenvalue weighted by Crippen LogP contribution is -2.30. The summed E-state index contributed by atoms with van der Waals surface area (Å²) in [6.07, 6.45) is 2.14. The van der Waals surface area contributed by atoms with Crippen LogP contribution in [0.3, 0.4) is 0 Å². The van der Waals surface area contributed by atoms with Crippen LogP contribution in [0.25, 0.3) is 0 Å². The second-order valence-corrected chi connectivity index (χ2v) is 4.87. The molecule has 1 N–H and O–H groups in total. The van der Waals surface area contributed by atoms with Gasteiger partial charge >= 0.3 is 0 Å². The lowest BCUT2D eigenvalue weighted by Gasteiger charge is -2.29. The maximum absolute atomic E-state index is 13.1. The molecule has 1 aromatic rings. The van der Waals surface area contributed by atoms with Gasteiger partial charge in [0.25, 0.3) is 0 Å². The smallest absolute Gasteiger partial charge is 0.123 e. The minimum atomic E-state index is -0.303. The first-order chi connectivity index (χ1) is 8.70. The quantitative estimate of drug-likeness (QED) is 0.892. The number of aliphatic hydroxyl groups is 1. The molecule has 0 atom stereocenters. The summed E-state index contributed by atoms with van der Waals surface area (Å²) in [4.78, 5) is 2.10. The molecular formula is C14H20FNO2. The molecule has 0 aliphatic carbocycles. The second-order valence-electron chi connectivity index (χ2n) is 4.87. The lowest BCUT2D eigenvalue weighted by atomic mass is 9.99. The van der Waals surface area contributed by atoms with Gasteiger partial charge in [0.1, 0.15) is 5.82 Å². The van der Waals surface area contributed by atoms with E-state index in [9.17, 15) is 9.50 Å². The number of aliphatic hydroxyl groups excluding tert-OH is 1. The van der Waals surface area contributed by atoms with E-state index in [-0.39, 0.29) is 12.4 Å². The van der Waals surface area contributed by atoms with Crippen LogP contribution in [0, 0.1) is 11.7 Å². The summed E-state index contributed by atoms with van der Waals surface area (Å²) < 4.78 is 18.4. The zero-order valence-corrected chi connectivity index (χ0v) is 10.7. The first-order valence-electron chi connectivity index (χ1n) is 6.39. The molecule has 1 aliphatic heterocycles. The molecule has 0 unspecified atom stereocenters. The van der Waals surface area contributed by atoms with Gasteiger partial charge in [-0.1, -0.05) is 0 Å². The first-order valence-corrected chi connectivity index (χ1v) is 6.39. The number of halogens is 1. The molecule has 100 valence electrons. The zero-order chi connectivity index (χ0) is 13.0. The Morgan fingerprint density at radius 3 is 2.78 bits per heavy atom. The summed E-state index contributed by atoms with van der Waals surface area (Å²) in [6, 6.07) is 4.57. The second kappa shape index (κ2) is 6.16. The average molecular weight is 253 g/mol. The summed E-state index contributed by atoms with van der Waals surface area (Å²) in [6.45, 7) is 2.44. The number of ether oxygens (including phenoxy) is 1. The van der Waals surface area contributed by atoms with Crippen molar-refractivity contribution in [3.63, 3.8) is 0 Å². The van der Waals surface area contributed by atoms with Crippen molar-refractivity contribution >= 4 is 5.69 Å². The minimum Gasteiger partial charge on any atom is -0.392 e. The molecule has 1 saturated heterocycles. The lowest BCUT2D eigenvalue weighted by molar-refractivity contribution is 0.0685. The molecule has 0 radical (unpaired) electrons. The molecule has 1 fully saturated rings. The predicted octanol–water partition coefficient (Wildman–Crippen LogP) is 2.18. The topological polar surface area (TPSA) is 32.7 Å². The molecular weight excluding hydrogens is 233 g/mol. The van der Waals surface area contributed by atoms with E-state index in [2.05, 4.69) is 4.90 Å². The van der Waals surface area contributed by atoms with Crippen LogP contribution in [-0.2, 0) is 11.3 Å². The monoisotopic (exact) mass is 253 g/mol. The summed E-state index contributed by atoms with van der Waals surface area (Å²) >= 11 is 0. The molecule has 0 amide bonds. The Kier molecular flexibility index (Phi) is 4.55. The Bertz CT molecular complexity index is 391. The Hall–Kier alpha value is -1.13. The van der Waals surface area contributed by atoms with E-state index in [4.69, 9.17) is 4.74 Å². The van der Waals surface area contributed by atoms with Crippen LogP contribution in [-0.4, -0.2) is 31.9 Å². The van der Waals surface area contributed by atoms with Crippen molar-refractivity contribution in [2.75, 3.05) is 31.7 Å². The van der Waals surface area contributed by atoms with Gasteiger partial charge in [-0.2, -0.15) is 0 Å². The number of nitrogens with zero attached hydrogens (tertiary/aromatic N) is 1. The number of hydrogen-bond donors (Lipinski definition) is 1. The normalized spacial score (nSPS) is 16.8. The zero-order valence-electron chi connectivity index (χ0n) is 10.7. The van der Waals surface area contributed by atoms with Crippen molar-refractivity contribution in [2.24, 2.45) is 5.92 Å². The first kappa shape index (κ1) is 13.3. The highest BCUT2D eigenvalue weighted by molar-refractivity contribution is 5.53. The van der Waals surface area contributed by atoms with Crippen LogP contribution >= 0.6 is 0 Å². The van der Waals surface area contributed by atoms with Gasteiger partial charge in [-0.3, -0.25) is 0 Å². The third-order valence-corrected chi connectivity index (χ3v) is 3.50. The van der Waals surface area contributed by atoms with E-state index in [1.165, 1.54) is 12.1 Å². The van der Waals surface area contributed by atoms with Crippen LogP contribution < -0.4 is 4.90 Å². The fourth-order valence-electron chi connectivity index (χ4n) is 2.47. The molecule has 1 aliphatic rings. The molecule has 3 nitrogen and oxygen atoms in total. The third kappa shape index (κ3) is 3.21. The minimum absolute atomic E-state index is 0.134. The van der Waals surface area contributed by atoms with Crippen LogP contribution in [0.5, 0.6) is 0 Å². The Morgan fingerprint density at radius 2 is 2.11 bits per heavy atom. The predicted molar refractivity (Wildman–Crippen MR) is 69.1 cm³/mol. The fraction of sp³-hybridized carbons (Fsp3) is 0.571. The van der Waals surface area contributed by atoms with E-state index in [0.29, 0.717) is 11.5 Å². The molecule has 1 aromatic carbocycles. The SMILES string of the molecule is CN(CC1CCOCC1)c1ccc(F)cc1CO. The number of hydrogen-bond acceptors (Lipinski definition) is 3. The highest BCUT2D eigenvalue weighted by Crippen LogP contribution is 2.24. The van der Waals surface area contributed by atoms with E-state index in [0.717, 1.165) is 38.3 Å². The maximum Gasteiger partial charge on any atom is 0.123 e. The van der Waals surface area contributed by atoms with Gasteiger partial charge in [-0.15, -0.1) is 0 Å².